The molecule has 1 aromatic carbocycles. The molecular formula is C18H17NOS2. The number of anilines is 1. The van der Waals surface area contributed by atoms with Gasteiger partial charge in [-0.3, -0.25) is 4.79 Å². The van der Waals surface area contributed by atoms with Gasteiger partial charge in [-0.05, 0) is 29.5 Å². The van der Waals surface area contributed by atoms with Crippen LogP contribution in [0.1, 0.15) is 23.5 Å². The van der Waals surface area contributed by atoms with Gasteiger partial charge >= 0.3 is 0 Å². The number of benzene rings is 1. The third-order valence-corrected chi connectivity index (χ3v) is 6.71. The molecule has 112 valence electrons. The second-order valence-corrected chi connectivity index (χ2v) is 8.09. The Hall–Kier alpha value is -1.52. The lowest BCUT2D eigenvalue weighted by Gasteiger charge is -2.29. The summed E-state index contributed by atoms with van der Waals surface area (Å²) in [6.07, 6.45) is 2.89. The fourth-order valence-electron chi connectivity index (χ4n) is 3.25. The van der Waals surface area contributed by atoms with E-state index in [-0.39, 0.29) is 11.2 Å². The van der Waals surface area contributed by atoms with Crippen molar-refractivity contribution in [3.63, 3.8) is 0 Å². The number of nitrogens with one attached hydrogen (secondary N) is 1. The van der Waals surface area contributed by atoms with Crippen LogP contribution in [0.15, 0.2) is 58.4 Å². The molecule has 0 saturated carbocycles. The van der Waals surface area contributed by atoms with Gasteiger partial charge in [0.25, 0.3) is 0 Å². The minimum absolute atomic E-state index is 0.0627. The molecule has 4 rings (SSSR count). The molecule has 1 N–H and O–H groups in total. The van der Waals surface area contributed by atoms with Crippen molar-refractivity contribution < 1.29 is 4.79 Å². The average Bonchev–Trinajstić information content (AvgIpc) is 2.95. The first-order valence-corrected chi connectivity index (χ1v) is 9.29. The van der Waals surface area contributed by atoms with Crippen LogP contribution in [0.25, 0.3) is 0 Å². The molecule has 0 bridgehead atoms. The van der Waals surface area contributed by atoms with E-state index in [0.717, 1.165) is 11.4 Å². The third-order valence-electron chi connectivity index (χ3n) is 4.22. The Kier molecular flexibility index (Phi) is 3.59. The molecule has 1 aromatic heterocycles. The van der Waals surface area contributed by atoms with Gasteiger partial charge in [-0.15, -0.1) is 23.1 Å². The number of hydrogen-bond donors (Lipinski definition) is 1. The number of ketones is 1. The lowest BCUT2D eigenvalue weighted by Crippen LogP contribution is -2.30. The average molecular weight is 327 g/mol. The van der Waals surface area contributed by atoms with E-state index in [1.54, 1.807) is 11.3 Å². The predicted molar refractivity (Wildman–Crippen MR) is 93.3 cm³/mol. The molecule has 2 aliphatic rings. The summed E-state index contributed by atoms with van der Waals surface area (Å²) < 4.78 is 0. The Morgan fingerprint density at radius 3 is 2.86 bits per heavy atom. The van der Waals surface area contributed by atoms with Crippen LogP contribution >= 0.6 is 23.1 Å². The van der Waals surface area contributed by atoms with E-state index in [1.807, 2.05) is 17.8 Å². The van der Waals surface area contributed by atoms with E-state index in [9.17, 15) is 4.79 Å². The molecule has 0 fully saturated rings. The van der Waals surface area contributed by atoms with Crippen molar-refractivity contribution in [1.82, 2.24) is 0 Å². The van der Waals surface area contributed by atoms with E-state index in [0.29, 0.717) is 18.1 Å². The number of allylic oxidation sites excluding steroid dienone is 2. The Bertz CT molecular complexity index is 735. The number of carbonyl (C=O) groups excluding carboxylic acids is 1. The Balaban J connectivity index is 1.86. The first-order valence-electron chi connectivity index (χ1n) is 7.53. The highest BCUT2D eigenvalue weighted by Gasteiger charge is 2.39. The summed E-state index contributed by atoms with van der Waals surface area (Å²) in [5, 5.41) is 5.80. The summed E-state index contributed by atoms with van der Waals surface area (Å²) >= 11 is 3.56. The number of para-hydroxylation sites is 1. The molecular weight excluding hydrogens is 310 g/mol. The summed E-state index contributed by atoms with van der Waals surface area (Å²) in [7, 11) is 0. The molecule has 0 spiro atoms. The highest BCUT2D eigenvalue weighted by Crippen LogP contribution is 2.51. The third kappa shape index (κ3) is 2.40. The first kappa shape index (κ1) is 14.1. The standard InChI is InChI=1S/C18H17NOS2/c1-11-9-13-17(14(20)10-11)18(16-7-4-8-21-16)22-15-6-3-2-5-12(15)19-13/h2-9,11,17-19H,10H2,1H3/t11-,17+,18+/m1/s1. The molecule has 2 nitrogen and oxygen atoms in total. The smallest absolute Gasteiger partial charge is 0.143 e. The van der Waals surface area contributed by atoms with Gasteiger partial charge in [0.1, 0.15) is 5.78 Å². The van der Waals surface area contributed by atoms with Gasteiger partial charge in [0.15, 0.2) is 0 Å². The summed E-state index contributed by atoms with van der Waals surface area (Å²) in [5.74, 6) is 0.606. The summed E-state index contributed by atoms with van der Waals surface area (Å²) in [6, 6.07) is 12.6. The van der Waals surface area contributed by atoms with E-state index >= 15 is 0 Å². The van der Waals surface area contributed by atoms with Crippen molar-refractivity contribution >= 4 is 34.6 Å². The molecule has 0 unspecified atom stereocenters. The van der Waals surface area contributed by atoms with Crippen molar-refractivity contribution in [2.45, 2.75) is 23.5 Å². The molecule has 2 heterocycles. The molecule has 22 heavy (non-hydrogen) atoms. The van der Waals surface area contributed by atoms with E-state index in [4.69, 9.17) is 0 Å². The van der Waals surface area contributed by atoms with Crippen LogP contribution in [-0.2, 0) is 4.79 Å². The monoisotopic (exact) mass is 327 g/mol. The van der Waals surface area contributed by atoms with Crippen molar-refractivity contribution in [2.24, 2.45) is 11.8 Å². The Morgan fingerprint density at radius 1 is 1.18 bits per heavy atom. The van der Waals surface area contributed by atoms with E-state index in [2.05, 4.69) is 54.0 Å². The topological polar surface area (TPSA) is 29.1 Å². The molecule has 0 amide bonds. The Labute approximate surface area is 138 Å². The number of rotatable bonds is 1. The normalized spacial score (nSPS) is 27.2. The maximum Gasteiger partial charge on any atom is 0.143 e. The molecule has 0 radical (unpaired) electrons. The minimum atomic E-state index is -0.0627. The number of fused-ring (bicyclic) bond motifs is 2. The number of thioether (sulfide) groups is 1. The molecule has 1 aliphatic carbocycles. The van der Waals surface area contributed by atoms with E-state index < -0.39 is 0 Å². The van der Waals surface area contributed by atoms with Crippen molar-refractivity contribution in [2.75, 3.05) is 5.32 Å². The largest absolute Gasteiger partial charge is 0.358 e. The Morgan fingerprint density at radius 2 is 2.05 bits per heavy atom. The number of Topliss-reactive ketones (excluding diaryl/α,β-unsaturated/α-hetero) is 1. The number of carbonyl (C=O) groups is 1. The lowest BCUT2D eigenvalue weighted by atomic mass is 9.83. The maximum absolute atomic E-state index is 12.8. The van der Waals surface area contributed by atoms with Gasteiger partial charge in [0.2, 0.25) is 0 Å². The van der Waals surface area contributed by atoms with Crippen LogP contribution in [0.3, 0.4) is 0 Å². The zero-order valence-corrected chi connectivity index (χ0v) is 13.9. The summed E-state index contributed by atoms with van der Waals surface area (Å²) in [4.78, 5) is 15.3. The molecule has 3 atom stereocenters. The fraction of sp³-hybridized carbons (Fsp3) is 0.278. The van der Waals surface area contributed by atoms with Gasteiger partial charge in [-0.2, -0.15) is 0 Å². The molecule has 4 heteroatoms. The van der Waals surface area contributed by atoms with Crippen LogP contribution in [-0.4, -0.2) is 5.78 Å². The van der Waals surface area contributed by atoms with Crippen LogP contribution < -0.4 is 5.32 Å². The van der Waals surface area contributed by atoms with Crippen LogP contribution in [0.2, 0.25) is 0 Å². The maximum atomic E-state index is 12.8. The van der Waals surface area contributed by atoms with Gasteiger partial charge < -0.3 is 5.32 Å². The molecule has 1 aliphatic heterocycles. The molecule has 2 aromatic rings. The van der Waals surface area contributed by atoms with Crippen LogP contribution in [0, 0.1) is 11.8 Å². The van der Waals surface area contributed by atoms with Gasteiger partial charge in [-0.1, -0.05) is 31.2 Å². The number of hydrogen-bond acceptors (Lipinski definition) is 4. The summed E-state index contributed by atoms with van der Waals surface area (Å²) in [6.45, 7) is 2.12. The highest BCUT2D eigenvalue weighted by atomic mass is 32.2. The zero-order chi connectivity index (χ0) is 15.1. The van der Waals surface area contributed by atoms with Crippen molar-refractivity contribution in [3.05, 3.63) is 58.4 Å². The van der Waals surface area contributed by atoms with Gasteiger partial charge in [0, 0.05) is 21.9 Å². The second-order valence-electron chi connectivity index (χ2n) is 5.92. The summed E-state index contributed by atoms with van der Waals surface area (Å²) in [5.41, 5.74) is 2.20. The van der Waals surface area contributed by atoms with Crippen molar-refractivity contribution in [1.29, 1.82) is 0 Å². The van der Waals surface area contributed by atoms with Crippen LogP contribution in [0.5, 0.6) is 0 Å². The van der Waals surface area contributed by atoms with Gasteiger partial charge in [0.05, 0.1) is 16.9 Å². The van der Waals surface area contributed by atoms with Crippen LogP contribution in [0.4, 0.5) is 5.69 Å². The predicted octanol–water partition coefficient (Wildman–Crippen LogP) is 5.12. The fourth-order valence-corrected chi connectivity index (χ4v) is 5.61. The number of thiophene rings is 1. The molecule has 0 saturated heterocycles. The SMILES string of the molecule is C[C@@H]1C=C2Nc3ccccc3S[C@@H](c3cccs3)[C@@H]2C(=O)C1. The second kappa shape index (κ2) is 5.60. The minimum Gasteiger partial charge on any atom is -0.358 e. The highest BCUT2D eigenvalue weighted by molar-refractivity contribution is 7.99. The zero-order valence-electron chi connectivity index (χ0n) is 12.3. The van der Waals surface area contributed by atoms with Crippen molar-refractivity contribution in [3.8, 4) is 0 Å². The van der Waals surface area contributed by atoms with E-state index in [1.165, 1.54) is 9.77 Å². The first-order chi connectivity index (χ1) is 10.7. The van der Waals surface area contributed by atoms with Gasteiger partial charge in [-0.25, -0.2) is 0 Å². The quantitative estimate of drug-likeness (QED) is 0.788. The lowest BCUT2D eigenvalue weighted by molar-refractivity contribution is -0.122.